The molecule has 0 atom stereocenters. The monoisotopic (exact) mass is 419 g/mol. The molecule has 4 aromatic rings. The van der Waals surface area contributed by atoms with Gasteiger partial charge in [0.2, 0.25) is 5.88 Å². The van der Waals surface area contributed by atoms with Crippen LogP contribution in [0.25, 0.3) is 17.0 Å². The highest BCUT2D eigenvalue weighted by Gasteiger charge is 2.12. The van der Waals surface area contributed by atoms with Crippen LogP contribution < -0.4 is 19.5 Å². The molecule has 158 valence electrons. The number of methoxy groups -OCH3 is 2. The van der Waals surface area contributed by atoms with E-state index >= 15 is 0 Å². The molecule has 0 radical (unpaired) electrons. The van der Waals surface area contributed by atoms with Gasteiger partial charge < -0.3 is 19.5 Å². The van der Waals surface area contributed by atoms with Crippen LogP contribution in [-0.2, 0) is 0 Å². The van der Waals surface area contributed by atoms with Gasteiger partial charge in [-0.3, -0.25) is 4.79 Å². The van der Waals surface area contributed by atoms with E-state index in [1.807, 2.05) is 30.3 Å². The molecule has 0 aliphatic heterocycles. The molecule has 0 saturated heterocycles. The Morgan fingerprint density at radius 3 is 2.71 bits per heavy atom. The van der Waals surface area contributed by atoms with Crippen LogP contribution in [0.15, 0.2) is 60.7 Å². The molecule has 0 bridgehead atoms. The van der Waals surface area contributed by atoms with Crippen LogP contribution in [0.2, 0.25) is 0 Å². The van der Waals surface area contributed by atoms with Crippen molar-refractivity contribution in [3.63, 3.8) is 0 Å². The number of para-hydroxylation sites is 1. The lowest BCUT2D eigenvalue weighted by Crippen LogP contribution is -2.28. The van der Waals surface area contributed by atoms with Gasteiger partial charge in [0.05, 0.1) is 26.3 Å². The number of fused-ring (bicyclic) bond motifs is 1. The Balaban J connectivity index is 1.42. The highest BCUT2D eigenvalue weighted by molar-refractivity contribution is 5.96. The predicted octanol–water partition coefficient (Wildman–Crippen LogP) is 2.62. The van der Waals surface area contributed by atoms with Crippen molar-refractivity contribution in [2.75, 3.05) is 27.4 Å². The molecule has 2 aromatic heterocycles. The van der Waals surface area contributed by atoms with E-state index in [4.69, 9.17) is 14.2 Å². The number of nitrogens with one attached hydrogen (secondary N) is 1. The van der Waals surface area contributed by atoms with Crippen LogP contribution >= 0.6 is 0 Å². The Labute approximate surface area is 178 Å². The number of hydrogen-bond acceptors (Lipinski definition) is 7. The molecule has 1 N–H and O–H groups in total. The van der Waals surface area contributed by atoms with Gasteiger partial charge in [0.1, 0.15) is 18.1 Å². The number of carbonyl (C=O) groups excluding carboxylic acids is 1. The number of aromatic nitrogens is 4. The van der Waals surface area contributed by atoms with Gasteiger partial charge in [-0.1, -0.05) is 24.3 Å². The lowest BCUT2D eigenvalue weighted by Gasteiger charge is -2.10. The number of carbonyl (C=O) groups is 1. The van der Waals surface area contributed by atoms with Crippen molar-refractivity contribution < 1.29 is 19.0 Å². The van der Waals surface area contributed by atoms with Crippen molar-refractivity contribution in [2.45, 2.75) is 0 Å². The smallest absolute Gasteiger partial charge is 0.255 e. The van der Waals surface area contributed by atoms with E-state index in [2.05, 4.69) is 20.6 Å². The summed E-state index contributed by atoms with van der Waals surface area (Å²) in [5.74, 6) is 1.97. The van der Waals surface area contributed by atoms with Crippen LogP contribution in [0.1, 0.15) is 10.4 Å². The molecule has 0 fully saturated rings. The Kier molecular flexibility index (Phi) is 5.93. The highest BCUT2D eigenvalue weighted by atomic mass is 16.5. The van der Waals surface area contributed by atoms with Gasteiger partial charge in [0, 0.05) is 11.6 Å². The van der Waals surface area contributed by atoms with Crippen LogP contribution in [-0.4, -0.2) is 53.1 Å². The van der Waals surface area contributed by atoms with Crippen molar-refractivity contribution in [3.05, 3.63) is 66.2 Å². The minimum absolute atomic E-state index is 0.233. The van der Waals surface area contributed by atoms with Crippen molar-refractivity contribution in [1.29, 1.82) is 0 Å². The van der Waals surface area contributed by atoms with Crippen LogP contribution in [0.3, 0.4) is 0 Å². The summed E-state index contributed by atoms with van der Waals surface area (Å²) in [7, 11) is 3.14. The Morgan fingerprint density at radius 1 is 1.00 bits per heavy atom. The summed E-state index contributed by atoms with van der Waals surface area (Å²) in [5, 5.41) is 15.6. The van der Waals surface area contributed by atoms with Gasteiger partial charge in [-0.2, -0.15) is 4.52 Å². The molecule has 0 spiro atoms. The molecule has 9 heteroatoms. The molecule has 0 unspecified atom stereocenters. The van der Waals surface area contributed by atoms with Gasteiger partial charge in [-0.05, 0) is 30.3 Å². The first-order valence-electron chi connectivity index (χ1n) is 9.60. The topological polar surface area (TPSA) is 99.9 Å². The predicted molar refractivity (Wildman–Crippen MR) is 114 cm³/mol. The van der Waals surface area contributed by atoms with Crippen molar-refractivity contribution >= 4 is 11.6 Å². The zero-order valence-corrected chi connectivity index (χ0v) is 17.1. The van der Waals surface area contributed by atoms with Crippen LogP contribution in [0.5, 0.6) is 17.4 Å². The Morgan fingerprint density at radius 2 is 1.87 bits per heavy atom. The molecule has 2 aromatic carbocycles. The van der Waals surface area contributed by atoms with E-state index in [0.717, 1.165) is 5.56 Å². The normalized spacial score (nSPS) is 10.6. The molecule has 0 aliphatic rings. The molecular weight excluding hydrogens is 398 g/mol. The molecule has 0 aliphatic carbocycles. The summed E-state index contributed by atoms with van der Waals surface area (Å²) >= 11 is 0. The molecule has 9 nitrogen and oxygen atoms in total. The first-order valence-corrected chi connectivity index (χ1v) is 9.60. The third kappa shape index (κ3) is 4.40. The molecule has 1 amide bonds. The second-order valence-corrected chi connectivity index (χ2v) is 6.50. The van der Waals surface area contributed by atoms with Crippen molar-refractivity contribution in [3.8, 4) is 28.8 Å². The average Bonchev–Trinajstić information content (AvgIpc) is 3.25. The quantitative estimate of drug-likeness (QED) is 0.438. The summed E-state index contributed by atoms with van der Waals surface area (Å²) in [4.78, 5) is 12.3. The number of hydrogen-bond donors (Lipinski definition) is 1. The van der Waals surface area contributed by atoms with E-state index in [1.165, 1.54) is 7.11 Å². The number of amides is 1. The van der Waals surface area contributed by atoms with Gasteiger partial charge in [-0.15, -0.1) is 15.3 Å². The molecule has 0 saturated carbocycles. The summed E-state index contributed by atoms with van der Waals surface area (Å²) in [6, 6.07) is 18.0. The van der Waals surface area contributed by atoms with Gasteiger partial charge in [0.25, 0.3) is 5.91 Å². The fourth-order valence-electron chi connectivity index (χ4n) is 3.04. The van der Waals surface area contributed by atoms with E-state index in [-0.39, 0.29) is 12.5 Å². The van der Waals surface area contributed by atoms with Crippen LogP contribution in [0.4, 0.5) is 0 Å². The molecule has 31 heavy (non-hydrogen) atoms. The van der Waals surface area contributed by atoms with Crippen LogP contribution in [0, 0.1) is 0 Å². The largest absolute Gasteiger partial charge is 0.497 e. The maximum Gasteiger partial charge on any atom is 0.255 e. The second kappa shape index (κ2) is 9.12. The van der Waals surface area contributed by atoms with Crippen molar-refractivity contribution in [2.24, 2.45) is 0 Å². The third-order valence-corrected chi connectivity index (χ3v) is 4.56. The number of rotatable bonds is 8. The fourth-order valence-corrected chi connectivity index (χ4v) is 3.04. The Bertz CT molecular complexity index is 1210. The van der Waals surface area contributed by atoms with E-state index in [1.54, 1.807) is 42.0 Å². The summed E-state index contributed by atoms with van der Waals surface area (Å²) in [5.41, 5.74) is 1.88. The summed E-state index contributed by atoms with van der Waals surface area (Å²) in [6.07, 6.45) is 0. The zero-order chi connectivity index (χ0) is 21.6. The summed E-state index contributed by atoms with van der Waals surface area (Å²) in [6.45, 7) is 0.553. The lowest BCUT2D eigenvalue weighted by atomic mass is 10.2. The maximum atomic E-state index is 12.3. The van der Waals surface area contributed by atoms with E-state index in [0.29, 0.717) is 41.0 Å². The molecule has 4 rings (SSSR count). The third-order valence-electron chi connectivity index (χ3n) is 4.56. The Hall–Kier alpha value is -4.14. The van der Waals surface area contributed by atoms with Gasteiger partial charge >= 0.3 is 0 Å². The summed E-state index contributed by atoms with van der Waals surface area (Å²) < 4.78 is 17.8. The van der Waals surface area contributed by atoms with Crippen molar-refractivity contribution in [1.82, 2.24) is 25.1 Å². The number of ether oxygens (including phenoxy) is 3. The van der Waals surface area contributed by atoms with E-state index in [9.17, 15) is 4.79 Å². The number of nitrogens with zero attached hydrogens (tertiary/aromatic N) is 4. The highest BCUT2D eigenvalue weighted by Crippen LogP contribution is 2.23. The fraction of sp³-hybridized carbons (Fsp3) is 0.182. The minimum Gasteiger partial charge on any atom is -0.497 e. The lowest BCUT2D eigenvalue weighted by molar-refractivity contribution is 0.0943. The zero-order valence-electron chi connectivity index (χ0n) is 17.1. The minimum atomic E-state index is -0.233. The van der Waals surface area contributed by atoms with E-state index < -0.39 is 0 Å². The standard InChI is InChI=1S/C22H21N5O4/c1-29-16-7-5-6-15(14-16)21-25-24-19-10-11-20(26-27(19)21)31-13-12-23-22(28)17-8-3-4-9-18(17)30-2/h3-11,14H,12-13H2,1-2H3,(H,23,28). The van der Waals surface area contributed by atoms with Gasteiger partial charge in [-0.25, -0.2) is 0 Å². The number of benzene rings is 2. The second-order valence-electron chi connectivity index (χ2n) is 6.50. The van der Waals surface area contributed by atoms with Gasteiger partial charge in [0.15, 0.2) is 11.5 Å². The average molecular weight is 419 g/mol. The maximum absolute atomic E-state index is 12.3. The molecule has 2 heterocycles. The first kappa shape index (κ1) is 20.1. The molecular formula is C22H21N5O4. The SMILES string of the molecule is COc1cccc(-c2nnc3ccc(OCCNC(=O)c4ccccc4OC)nn23)c1. The first-order chi connectivity index (χ1) is 15.2.